The summed E-state index contributed by atoms with van der Waals surface area (Å²) in [6, 6.07) is 0.156. The molecular weight excluding hydrogens is 306 g/mol. The third-order valence-corrected chi connectivity index (χ3v) is 4.47. The predicted molar refractivity (Wildman–Crippen MR) is 93.2 cm³/mol. The van der Waals surface area contributed by atoms with Crippen molar-refractivity contribution in [2.24, 2.45) is 0 Å². The second-order valence-electron chi connectivity index (χ2n) is 7.67. The minimum Gasteiger partial charge on any atom is -0.444 e. The first-order chi connectivity index (χ1) is 11.2. The van der Waals surface area contributed by atoms with Crippen LogP contribution in [0.1, 0.15) is 57.7 Å². The van der Waals surface area contributed by atoms with Crippen LogP contribution in [-0.4, -0.2) is 52.7 Å². The van der Waals surface area contributed by atoms with Crippen LogP contribution in [-0.2, 0) is 16.0 Å². The Labute approximate surface area is 145 Å². The van der Waals surface area contributed by atoms with E-state index in [1.165, 1.54) is 11.3 Å². The molecule has 0 spiro atoms. The zero-order valence-corrected chi connectivity index (χ0v) is 15.8. The zero-order valence-electron chi connectivity index (χ0n) is 15.8. The van der Waals surface area contributed by atoms with Crippen molar-refractivity contribution in [3.8, 4) is 0 Å². The number of amides is 1. The van der Waals surface area contributed by atoms with Gasteiger partial charge in [-0.15, -0.1) is 0 Å². The molecule has 2 atom stereocenters. The molecule has 24 heavy (non-hydrogen) atoms. The molecule has 2 heterocycles. The Kier molecular flexibility index (Phi) is 5.91. The van der Waals surface area contributed by atoms with Crippen LogP contribution in [0.3, 0.4) is 0 Å². The van der Waals surface area contributed by atoms with Gasteiger partial charge in [-0.2, -0.15) is 5.10 Å². The molecule has 1 amide bonds. The number of aromatic nitrogens is 2. The molecule has 1 aliphatic heterocycles. The van der Waals surface area contributed by atoms with E-state index in [4.69, 9.17) is 9.47 Å². The van der Waals surface area contributed by atoms with Crippen molar-refractivity contribution in [1.29, 1.82) is 0 Å². The van der Waals surface area contributed by atoms with Gasteiger partial charge in [0.25, 0.3) is 0 Å². The molecule has 0 unspecified atom stereocenters. The molecule has 0 N–H and O–H groups in total. The number of aryl methyl sites for hydroxylation is 1. The molecule has 1 saturated heterocycles. The Morgan fingerprint density at radius 3 is 2.71 bits per heavy atom. The van der Waals surface area contributed by atoms with Crippen molar-refractivity contribution in [2.45, 2.75) is 71.6 Å². The quantitative estimate of drug-likeness (QED) is 0.845. The van der Waals surface area contributed by atoms with Gasteiger partial charge < -0.3 is 14.4 Å². The molecule has 136 valence electrons. The highest BCUT2D eigenvalue weighted by Crippen LogP contribution is 2.33. The maximum atomic E-state index is 12.4. The second kappa shape index (κ2) is 7.55. The number of ether oxygens (including phenoxy) is 2. The summed E-state index contributed by atoms with van der Waals surface area (Å²) in [5.74, 6) is 0.415. The number of nitrogens with zero attached hydrogens (tertiary/aromatic N) is 3. The van der Waals surface area contributed by atoms with E-state index in [-0.39, 0.29) is 12.1 Å². The summed E-state index contributed by atoms with van der Waals surface area (Å²) < 4.78 is 12.8. The fourth-order valence-electron chi connectivity index (χ4n) is 3.39. The molecule has 2 rings (SSSR count). The summed E-state index contributed by atoms with van der Waals surface area (Å²) in [5.41, 5.74) is 2.04. The highest BCUT2D eigenvalue weighted by molar-refractivity contribution is 5.68. The van der Waals surface area contributed by atoms with Gasteiger partial charge in [0.2, 0.25) is 0 Å². The summed E-state index contributed by atoms with van der Waals surface area (Å²) in [6.45, 7) is 12.0. The Balaban J connectivity index is 2.06. The average molecular weight is 337 g/mol. The maximum Gasteiger partial charge on any atom is 0.410 e. The molecule has 0 radical (unpaired) electrons. The summed E-state index contributed by atoms with van der Waals surface area (Å²) in [6.07, 6.45) is 3.58. The normalized spacial score (nSPS) is 21.8. The largest absolute Gasteiger partial charge is 0.444 e. The highest BCUT2D eigenvalue weighted by atomic mass is 16.6. The van der Waals surface area contributed by atoms with Crippen molar-refractivity contribution in [1.82, 2.24) is 14.7 Å². The first-order valence-electron chi connectivity index (χ1n) is 8.73. The van der Waals surface area contributed by atoms with Gasteiger partial charge in [0.15, 0.2) is 0 Å². The Morgan fingerprint density at radius 2 is 2.12 bits per heavy atom. The van der Waals surface area contributed by atoms with Gasteiger partial charge in [-0.1, -0.05) is 0 Å². The second-order valence-corrected chi connectivity index (χ2v) is 7.67. The first kappa shape index (κ1) is 18.8. The summed E-state index contributed by atoms with van der Waals surface area (Å²) in [5, 5.41) is 4.49. The molecule has 1 aromatic heterocycles. The van der Waals surface area contributed by atoms with Crippen molar-refractivity contribution in [3.05, 3.63) is 17.5 Å². The van der Waals surface area contributed by atoms with Crippen LogP contribution in [0.25, 0.3) is 0 Å². The Hall–Kier alpha value is -1.56. The van der Waals surface area contributed by atoms with Crippen LogP contribution in [0.4, 0.5) is 4.79 Å². The van der Waals surface area contributed by atoms with Gasteiger partial charge in [-0.3, -0.25) is 4.68 Å². The van der Waals surface area contributed by atoms with Crippen LogP contribution < -0.4 is 0 Å². The Bertz CT molecular complexity index is 562. The number of methoxy groups -OCH3 is 1. The standard InChI is InChI=1S/C18H31N3O3/c1-13-12-19-21(9-10-23-6)16(13)15-7-8-20(14(2)11-15)17(22)24-18(3,4)5/h12,14-15H,7-11H2,1-6H3/t14-,15-/m1/s1. The molecule has 0 saturated carbocycles. The predicted octanol–water partition coefficient (Wildman–Crippen LogP) is 3.34. The number of hydrogen-bond donors (Lipinski definition) is 0. The number of hydrogen-bond acceptors (Lipinski definition) is 4. The number of carbonyl (C=O) groups excluding carboxylic acids is 1. The van der Waals surface area contributed by atoms with Gasteiger partial charge in [0.1, 0.15) is 5.60 Å². The van der Waals surface area contributed by atoms with Gasteiger partial charge >= 0.3 is 6.09 Å². The van der Waals surface area contributed by atoms with Crippen LogP contribution in [0.2, 0.25) is 0 Å². The highest BCUT2D eigenvalue weighted by Gasteiger charge is 2.34. The third-order valence-electron chi connectivity index (χ3n) is 4.47. The van der Waals surface area contributed by atoms with E-state index in [0.29, 0.717) is 12.5 Å². The van der Waals surface area contributed by atoms with Crippen LogP contribution in [0.5, 0.6) is 0 Å². The molecule has 0 aliphatic carbocycles. The lowest BCUT2D eigenvalue weighted by Gasteiger charge is -2.38. The summed E-state index contributed by atoms with van der Waals surface area (Å²) in [4.78, 5) is 14.2. The molecule has 1 aromatic rings. The zero-order chi connectivity index (χ0) is 17.9. The van der Waals surface area contributed by atoms with Crippen LogP contribution in [0.15, 0.2) is 6.20 Å². The van der Waals surface area contributed by atoms with Crippen molar-refractivity contribution in [2.75, 3.05) is 20.3 Å². The maximum absolute atomic E-state index is 12.4. The molecule has 0 aromatic carbocycles. The van der Waals surface area contributed by atoms with Crippen LogP contribution in [0, 0.1) is 6.92 Å². The third kappa shape index (κ3) is 4.50. The SMILES string of the molecule is COCCn1ncc(C)c1[C@@H]1CCN(C(=O)OC(C)(C)C)[C@H](C)C1. The van der Waals surface area contributed by atoms with E-state index in [9.17, 15) is 4.79 Å². The van der Waals surface area contributed by atoms with Crippen molar-refractivity contribution >= 4 is 6.09 Å². The van der Waals surface area contributed by atoms with E-state index in [0.717, 1.165) is 25.9 Å². The Morgan fingerprint density at radius 1 is 1.42 bits per heavy atom. The molecule has 6 nitrogen and oxygen atoms in total. The monoisotopic (exact) mass is 337 g/mol. The molecule has 6 heteroatoms. The average Bonchev–Trinajstić information content (AvgIpc) is 2.83. The topological polar surface area (TPSA) is 56.6 Å². The molecule has 1 aliphatic rings. The number of carbonyl (C=O) groups is 1. The van der Waals surface area contributed by atoms with Gasteiger partial charge in [0.05, 0.1) is 19.3 Å². The fraction of sp³-hybridized carbons (Fsp3) is 0.778. The lowest BCUT2D eigenvalue weighted by Crippen LogP contribution is -2.46. The summed E-state index contributed by atoms with van der Waals surface area (Å²) in [7, 11) is 1.71. The van der Waals surface area contributed by atoms with Gasteiger partial charge in [0, 0.05) is 31.3 Å². The van der Waals surface area contributed by atoms with E-state index in [2.05, 4.69) is 23.6 Å². The first-order valence-corrected chi connectivity index (χ1v) is 8.73. The minimum absolute atomic E-state index is 0.156. The number of piperidine rings is 1. The number of likely N-dealkylation sites (tertiary alicyclic amines) is 1. The summed E-state index contributed by atoms with van der Waals surface area (Å²) >= 11 is 0. The fourth-order valence-corrected chi connectivity index (χ4v) is 3.39. The van der Waals surface area contributed by atoms with Gasteiger partial charge in [-0.05, 0) is 53.0 Å². The number of rotatable bonds is 4. The van der Waals surface area contributed by atoms with E-state index < -0.39 is 5.60 Å². The van der Waals surface area contributed by atoms with Crippen LogP contribution >= 0.6 is 0 Å². The smallest absolute Gasteiger partial charge is 0.410 e. The molecular formula is C18H31N3O3. The lowest BCUT2D eigenvalue weighted by atomic mass is 9.87. The van der Waals surface area contributed by atoms with Crippen molar-refractivity contribution < 1.29 is 14.3 Å². The minimum atomic E-state index is -0.455. The van der Waals surface area contributed by atoms with Gasteiger partial charge in [-0.25, -0.2) is 4.79 Å². The molecule has 1 fully saturated rings. The van der Waals surface area contributed by atoms with E-state index >= 15 is 0 Å². The van der Waals surface area contributed by atoms with Crippen molar-refractivity contribution in [3.63, 3.8) is 0 Å². The van der Waals surface area contributed by atoms with E-state index in [1.54, 1.807) is 7.11 Å². The molecule has 0 bridgehead atoms. The van der Waals surface area contributed by atoms with E-state index in [1.807, 2.05) is 31.9 Å². The lowest BCUT2D eigenvalue weighted by molar-refractivity contribution is 0.0101.